The summed E-state index contributed by atoms with van der Waals surface area (Å²) < 4.78 is 18.3. The molecule has 3 aromatic rings. The predicted molar refractivity (Wildman–Crippen MR) is 245 cm³/mol. The summed E-state index contributed by atoms with van der Waals surface area (Å²) in [5, 5.41) is 10.5. The van der Waals surface area contributed by atoms with E-state index < -0.39 is 40.2 Å². The van der Waals surface area contributed by atoms with Crippen molar-refractivity contribution in [3.8, 4) is 11.5 Å². The van der Waals surface area contributed by atoms with Crippen LogP contribution in [0.15, 0.2) is 71.1 Å². The fraction of sp³-hybridized carbons (Fsp3) is 0.553. The summed E-state index contributed by atoms with van der Waals surface area (Å²) in [6.45, 7) is 8.85. The average Bonchev–Trinajstić information content (AvgIpc) is 3.99. The second-order valence-corrected chi connectivity index (χ2v) is 20.4. The monoisotopic (exact) mass is 965 g/mol. The van der Waals surface area contributed by atoms with Gasteiger partial charge < -0.3 is 35.1 Å². The Labute approximate surface area is 377 Å². The Bertz CT molecular complexity index is 2060. The summed E-state index contributed by atoms with van der Waals surface area (Å²) in [5.41, 5.74) is 1.35. The van der Waals surface area contributed by atoms with Gasteiger partial charge in [-0.05, 0) is 79.5 Å². The number of alkyl carbamates (subject to hydrolysis) is 1. The highest BCUT2D eigenvalue weighted by Gasteiger charge is 2.46. The van der Waals surface area contributed by atoms with Crippen molar-refractivity contribution in [2.45, 2.75) is 129 Å². The molecule has 2 aliphatic heterocycles. The number of pyridine rings is 1. The smallest absolute Gasteiger partial charge is 0.407 e. The third-order valence-corrected chi connectivity index (χ3v) is 14.6. The zero-order valence-corrected chi connectivity index (χ0v) is 38.6. The van der Waals surface area contributed by atoms with E-state index in [4.69, 9.17) is 19.2 Å². The molecule has 12 nitrogen and oxygen atoms in total. The van der Waals surface area contributed by atoms with E-state index in [0.717, 1.165) is 78.0 Å². The molecule has 0 radical (unpaired) electrons. The highest BCUT2D eigenvalue weighted by Crippen LogP contribution is 2.39. The summed E-state index contributed by atoms with van der Waals surface area (Å²) in [7, 11) is 1.66. The predicted octanol–water partition coefficient (Wildman–Crippen LogP) is 8.17. The molecule has 4 aliphatic rings. The molecule has 1 unspecified atom stereocenters. The number of fused-ring (bicyclic) bond motifs is 3. The van der Waals surface area contributed by atoms with E-state index in [1.807, 2.05) is 42.5 Å². The summed E-state index contributed by atoms with van der Waals surface area (Å²) in [6.07, 6.45) is 10.6. The molecule has 7 rings (SSSR count). The Balaban J connectivity index is 1.27. The minimum Gasteiger partial charge on any atom is -0.496 e. The van der Waals surface area contributed by atoms with Crippen molar-refractivity contribution in [1.29, 1.82) is 0 Å². The van der Waals surface area contributed by atoms with Crippen LogP contribution < -0.4 is 25.4 Å². The van der Waals surface area contributed by atoms with Crippen molar-refractivity contribution in [3.63, 3.8) is 0 Å². The lowest BCUT2D eigenvalue weighted by Gasteiger charge is -2.35. The van der Waals surface area contributed by atoms with Crippen LogP contribution in [0.25, 0.3) is 10.9 Å². The van der Waals surface area contributed by atoms with Crippen LogP contribution in [0.4, 0.5) is 4.79 Å². The van der Waals surface area contributed by atoms with Crippen LogP contribution in [-0.4, -0.2) is 88.7 Å². The second kappa shape index (κ2) is 20.4. The van der Waals surface area contributed by atoms with Gasteiger partial charge in [0.15, 0.2) is 0 Å². The minimum atomic E-state index is -0.987. The zero-order chi connectivity index (χ0) is 43.1. The van der Waals surface area contributed by atoms with Crippen LogP contribution in [0, 0.1) is 17.3 Å². The van der Waals surface area contributed by atoms with Gasteiger partial charge in [0.05, 0.1) is 29.7 Å². The zero-order valence-electron chi connectivity index (χ0n) is 35.6. The molecule has 328 valence electrons. The molecule has 14 heteroatoms. The van der Waals surface area contributed by atoms with Crippen LogP contribution in [0.3, 0.4) is 0 Å². The molecule has 1 saturated heterocycles. The minimum absolute atomic E-state index is 0.0886. The first-order chi connectivity index (χ1) is 29.4. The second-order valence-electron chi connectivity index (χ2n) is 17.8. The fourth-order valence-corrected chi connectivity index (χ4v) is 10.2. The average molecular weight is 966 g/mol. The molecule has 3 heterocycles. The van der Waals surface area contributed by atoms with Gasteiger partial charge in [0.2, 0.25) is 17.7 Å². The third-order valence-electron chi connectivity index (χ3n) is 12.5. The van der Waals surface area contributed by atoms with Crippen molar-refractivity contribution < 1.29 is 33.4 Å². The van der Waals surface area contributed by atoms with Gasteiger partial charge in [-0.15, -0.1) is 6.58 Å². The van der Waals surface area contributed by atoms with Gasteiger partial charge in [0.25, 0.3) is 0 Å². The van der Waals surface area contributed by atoms with Crippen molar-refractivity contribution in [1.82, 2.24) is 25.8 Å². The van der Waals surface area contributed by atoms with Gasteiger partial charge in [-0.3, -0.25) is 14.4 Å². The van der Waals surface area contributed by atoms with Crippen LogP contribution >= 0.6 is 34.4 Å². The number of hydrogen-bond donors (Lipinski definition) is 3. The molecular weight excluding hydrogens is 906 g/mol. The van der Waals surface area contributed by atoms with Gasteiger partial charge in [-0.2, -0.15) is 0 Å². The maximum Gasteiger partial charge on any atom is 0.407 e. The van der Waals surface area contributed by atoms with Crippen molar-refractivity contribution in [3.05, 3.63) is 66.7 Å². The number of ether oxygens (including phenoxy) is 3. The lowest BCUT2D eigenvalue weighted by molar-refractivity contribution is -0.142. The van der Waals surface area contributed by atoms with Crippen molar-refractivity contribution in [2.75, 3.05) is 26.8 Å². The normalized spacial score (nSPS) is 23.4. The summed E-state index contributed by atoms with van der Waals surface area (Å²) in [4.78, 5) is 64.6. The van der Waals surface area contributed by atoms with Crippen molar-refractivity contribution >= 4 is 69.1 Å². The SMILES string of the molecule is C=C[C@H](I)C(NC(=O)[C@@H]1C[C@@H]2CN1C(=O)[C@H](C1CCCCC1)NC(=O)OCC(C)(C)CCCc1cc3c(cc(Sc4ccccc4)nc3cc1OC)O2)C(=O)NCCC1CC1. The highest BCUT2D eigenvalue weighted by molar-refractivity contribution is 14.1. The Morgan fingerprint density at radius 2 is 1.87 bits per heavy atom. The van der Waals surface area contributed by atoms with E-state index >= 15 is 4.79 Å². The number of cyclic esters (lactones) is 1. The van der Waals surface area contributed by atoms with Crippen molar-refractivity contribution in [2.24, 2.45) is 17.3 Å². The highest BCUT2D eigenvalue weighted by atomic mass is 127. The number of nitrogens with one attached hydrogen (secondary N) is 3. The van der Waals surface area contributed by atoms with Crippen LogP contribution in [-0.2, 0) is 25.5 Å². The molecule has 3 fully saturated rings. The maximum atomic E-state index is 15.1. The number of halogens is 1. The van der Waals surface area contributed by atoms with E-state index in [0.29, 0.717) is 30.1 Å². The molecule has 0 spiro atoms. The summed E-state index contributed by atoms with van der Waals surface area (Å²) in [5.74, 6) is 0.703. The largest absolute Gasteiger partial charge is 0.496 e. The Morgan fingerprint density at radius 3 is 2.59 bits per heavy atom. The van der Waals surface area contributed by atoms with Crippen LogP contribution in [0.1, 0.15) is 90.0 Å². The molecule has 5 atom stereocenters. The number of nitrogens with zero attached hydrogens (tertiary/aromatic N) is 2. The first-order valence-electron chi connectivity index (χ1n) is 21.9. The van der Waals surface area contributed by atoms with Gasteiger partial charge >= 0.3 is 6.09 Å². The molecule has 61 heavy (non-hydrogen) atoms. The quantitative estimate of drug-likeness (QED) is 0.0929. The summed E-state index contributed by atoms with van der Waals surface area (Å²) in [6, 6.07) is 13.2. The summed E-state index contributed by atoms with van der Waals surface area (Å²) >= 11 is 3.63. The van der Waals surface area contributed by atoms with E-state index in [1.54, 1.807) is 18.1 Å². The Morgan fingerprint density at radius 1 is 1.10 bits per heavy atom. The molecule has 2 aromatic carbocycles. The van der Waals surface area contributed by atoms with E-state index in [9.17, 15) is 14.4 Å². The number of alkyl halides is 1. The number of benzene rings is 2. The molecule has 1 aromatic heterocycles. The molecule has 4 bridgehead atoms. The molecule has 3 N–H and O–H groups in total. The number of carbonyl (C=O) groups excluding carboxylic acids is 4. The number of methoxy groups -OCH3 is 1. The van der Waals surface area contributed by atoms with Crippen LogP contribution in [0.2, 0.25) is 0 Å². The van der Waals surface area contributed by atoms with E-state index in [2.05, 4.69) is 65.0 Å². The lowest BCUT2D eigenvalue weighted by Crippen LogP contribution is -2.59. The number of aromatic nitrogens is 1. The van der Waals surface area contributed by atoms with E-state index in [-0.39, 0.29) is 42.7 Å². The number of carbonyl (C=O) groups is 4. The van der Waals surface area contributed by atoms with Gasteiger partial charge in [0, 0.05) is 35.4 Å². The van der Waals surface area contributed by atoms with Gasteiger partial charge in [-0.25, -0.2) is 9.78 Å². The Kier molecular flexibility index (Phi) is 15.1. The number of amides is 4. The van der Waals surface area contributed by atoms with Crippen LogP contribution in [0.5, 0.6) is 11.5 Å². The lowest BCUT2D eigenvalue weighted by atomic mass is 9.83. The van der Waals surface area contributed by atoms with Gasteiger partial charge in [-0.1, -0.05) is 105 Å². The Hall–Kier alpha value is -4.05. The number of hydrogen-bond acceptors (Lipinski definition) is 9. The fourth-order valence-electron chi connectivity index (χ4n) is 8.82. The first kappa shape index (κ1) is 45.0. The topological polar surface area (TPSA) is 148 Å². The number of rotatable bonds is 12. The molecule has 2 aliphatic carbocycles. The maximum absolute atomic E-state index is 15.1. The first-order valence-corrected chi connectivity index (χ1v) is 24.0. The van der Waals surface area contributed by atoms with E-state index in [1.165, 1.54) is 24.6 Å². The molecule has 4 amide bonds. The third kappa shape index (κ3) is 11.7. The van der Waals surface area contributed by atoms with Gasteiger partial charge in [0.1, 0.15) is 40.8 Å². The molecule has 2 saturated carbocycles. The molecular formula is C47H60IN5O7S. The standard InChI is InChI=1S/C47H60IN5O7S/c1-5-35(48)42(44(55)49-22-20-29-18-19-29)51-43(54)37-24-32-27-53(37)45(56)41(30-13-8-6-9-14-30)52-46(57)59-28-47(2,3)21-12-15-31-23-34-36(25-38(31)58-4)50-40(26-39(34)60-32)61-33-16-10-7-11-17-33/h5,7,10-11,16-17,23,25-26,29-30,32,35,37,41-42H,1,6,8-9,12-15,18-22,24,27-28H2,2-4H3,(H,49,55)(H,51,54)(H,52,57)/t32-,35+,37+,41+,42?/m1/s1. The number of aryl methyl sites for hydroxylation is 1.